The molecule has 1 N–H and O–H groups in total. The minimum Gasteiger partial charge on any atom is -0.467 e. The van der Waals surface area contributed by atoms with E-state index in [1.165, 1.54) is 16.2 Å². The van der Waals surface area contributed by atoms with Crippen molar-refractivity contribution in [2.24, 2.45) is 7.05 Å². The van der Waals surface area contributed by atoms with Crippen LogP contribution in [0.1, 0.15) is 15.9 Å². The summed E-state index contributed by atoms with van der Waals surface area (Å²) in [5, 5.41) is 3.50. The minimum absolute atomic E-state index is 0.0711. The van der Waals surface area contributed by atoms with E-state index in [0.29, 0.717) is 48.0 Å². The summed E-state index contributed by atoms with van der Waals surface area (Å²) in [4.78, 5) is 41.0. The van der Waals surface area contributed by atoms with E-state index < -0.39 is 17.9 Å². The molecule has 0 radical (unpaired) electrons. The number of halogens is 3. The number of ether oxygens (including phenoxy) is 2. The molecule has 1 aromatic heterocycles. The molecule has 5 rings (SSSR count). The second-order valence-electron chi connectivity index (χ2n) is 9.59. The lowest BCUT2D eigenvalue weighted by Gasteiger charge is -2.29. The highest BCUT2D eigenvalue weighted by Crippen LogP contribution is 2.32. The molecular weight excluding hydrogens is 591 g/mol. The molecule has 1 saturated heterocycles. The summed E-state index contributed by atoms with van der Waals surface area (Å²) < 4.78 is 13.4. The summed E-state index contributed by atoms with van der Waals surface area (Å²) in [6.45, 7) is 2.55. The number of esters is 1. The van der Waals surface area contributed by atoms with Gasteiger partial charge < -0.3 is 19.7 Å². The maximum atomic E-state index is 13.3. The highest BCUT2D eigenvalue weighted by molar-refractivity contribution is 6.40. The van der Waals surface area contributed by atoms with Gasteiger partial charge in [-0.1, -0.05) is 53.0 Å². The first kappa shape index (κ1) is 29.0. The fraction of sp³-hybridized carbons (Fsp3) is 0.276. The van der Waals surface area contributed by atoms with Gasteiger partial charge in [0.2, 0.25) is 0 Å². The van der Waals surface area contributed by atoms with Gasteiger partial charge in [0.1, 0.15) is 6.04 Å². The Bertz CT molecular complexity index is 1650. The Morgan fingerprint density at radius 2 is 1.63 bits per heavy atom. The van der Waals surface area contributed by atoms with Gasteiger partial charge in [-0.05, 0) is 42.0 Å². The maximum absolute atomic E-state index is 13.3. The average molecular weight is 618 g/mol. The lowest BCUT2D eigenvalue weighted by Crippen LogP contribution is -2.43. The van der Waals surface area contributed by atoms with Crippen LogP contribution in [0.25, 0.3) is 16.7 Å². The number of aromatic nitrogens is 2. The van der Waals surface area contributed by atoms with Crippen molar-refractivity contribution in [3.63, 3.8) is 0 Å². The Hall–Kier alpha value is -3.50. The molecule has 41 heavy (non-hydrogen) atoms. The van der Waals surface area contributed by atoms with E-state index in [-0.39, 0.29) is 27.7 Å². The van der Waals surface area contributed by atoms with Gasteiger partial charge in [-0.15, -0.1) is 0 Å². The number of para-hydroxylation sites is 1. The zero-order valence-corrected chi connectivity index (χ0v) is 24.6. The molecule has 214 valence electrons. The normalized spacial score (nSPS) is 14.2. The van der Waals surface area contributed by atoms with Crippen molar-refractivity contribution in [3.05, 3.63) is 91.3 Å². The maximum Gasteiger partial charge on any atom is 0.333 e. The molecule has 1 unspecified atom stereocenters. The Balaban J connectivity index is 1.37. The number of methoxy groups -OCH3 is 1. The second kappa shape index (κ2) is 12.2. The molecule has 0 aliphatic carbocycles. The largest absolute Gasteiger partial charge is 0.467 e. The molecule has 0 bridgehead atoms. The number of aryl methyl sites for hydroxylation is 1. The summed E-state index contributed by atoms with van der Waals surface area (Å²) >= 11 is 19.4. The molecule has 4 aromatic rings. The zero-order valence-electron chi connectivity index (χ0n) is 22.3. The average Bonchev–Trinajstić information content (AvgIpc) is 3.23. The van der Waals surface area contributed by atoms with Crippen LogP contribution >= 0.6 is 34.8 Å². The van der Waals surface area contributed by atoms with Crippen LogP contribution in [0.2, 0.25) is 15.1 Å². The molecule has 9 nitrogen and oxygen atoms in total. The van der Waals surface area contributed by atoms with E-state index >= 15 is 0 Å². The topological polar surface area (TPSA) is 94.8 Å². The number of rotatable bonds is 7. The molecular formula is C29H27Cl3N4O5. The number of anilines is 1. The summed E-state index contributed by atoms with van der Waals surface area (Å²) in [5.41, 5.74) is 3.25. The number of hydrogen-bond acceptors (Lipinski definition) is 6. The standard InChI is InChI=1S/C29H27Cl3N4O5/c1-34-24-5-3-4-20(30)26(24)36(29(34)39)18-8-6-17(7-9-18)14-23(28(38)40-2)33-27(37)25-21(31)15-19(16-22(25)32)35-10-12-41-13-11-35/h3-9,15-16,23H,10-14H2,1-2H3,(H,33,37). The van der Waals surface area contributed by atoms with Crippen LogP contribution in [0.5, 0.6) is 0 Å². The lowest BCUT2D eigenvalue weighted by atomic mass is 10.0. The number of hydrogen-bond donors (Lipinski definition) is 1. The number of carbonyl (C=O) groups excluding carboxylic acids is 2. The van der Waals surface area contributed by atoms with E-state index in [1.54, 1.807) is 55.6 Å². The van der Waals surface area contributed by atoms with Gasteiger partial charge in [-0.25, -0.2) is 9.59 Å². The smallest absolute Gasteiger partial charge is 0.333 e. The Kier molecular flexibility index (Phi) is 8.60. The molecule has 12 heteroatoms. The van der Waals surface area contributed by atoms with Crippen molar-refractivity contribution in [2.75, 3.05) is 38.3 Å². The number of fused-ring (bicyclic) bond motifs is 1. The van der Waals surface area contributed by atoms with Gasteiger partial charge in [-0.3, -0.25) is 13.9 Å². The van der Waals surface area contributed by atoms with Gasteiger partial charge in [0, 0.05) is 32.2 Å². The number of carbonyl (C=O) groups is 2. The Labute approximate surface area is 251 Å². The highest BCUT2D eigenvalue weighted by Gasteiger charge is 2.26. The third kappa shape index (κ3) is 5.81. The summed E-state index contributed by atoms with van der Waals surface area (Å²) in [6.07, 6.45) is 0.130. The number of nitrogens with one attached hydrogen (secondary N) is 1. The predicted octanol–water partition coefficient (Wildman–Crippen LogP) is 4.64. The fourth-order valence-corrected chi connectivity index (χ4v) is 5.85. The molecule has 0 saturated carbocycles. The molecule has 0 spiro atoms. The SMILES string of the molecule is COC(=O)C(Cc1ccc(-n2c(=O)n(C)c3cccc(Cl)c32)cc1)NC(=O)c1c(Cl)cc(N2CCOCC2)cc1Cl. The summed E-state index contributed by atoms with van der Waals surface area (Å²) in [6, 6.07) is 14.8. The quantitative estimate of drug-likeness (QED) is 0.304. The van der Waals surface area contributed by atoms with Gasteiger partial charge in [0.25, 0.3) is 5.91 Å². The Morgan fingerprint density at radius 3 is 2.27 bits per heavy atom. The number of imidazole rings is 1. The molecule has 1 aliphatic rings. The molecule has 1 fully saturated rings. The minimum atomic E-state index is -1.01. The van der Waals surface area contributed by atoms with E-state index in [0.717, 1.165) is 11.3 Å². The van der Waals surface area contributed by atoms with Gasteiger partial charge in [-0.2, -0.15) is 0 Å². The third-order valence-electron chi connectivity index (χ3n) is 7.08. The summed E-state index contributed by atoms with van der Waals surface area (Å²) in [5.74, 6) is -1.23. The van der Waals surface area contributed by atoms with Crippen molar-refractivity contribution < 1.29 is 19.1 Å². The van der Waals surface area contributed by atoms with Crippen LogP contribution < -0.4 is 15.9 Å². The van der Waals surface area contributed by atoms with Crippen LogP contribution in [0.4, 0.5) is 5.69 Å². The van der Waals surface area contributed by atoms with Gasteiger partial charge in [0.15, 0.2) is 0 Å². The lowest BCUT2D eigenvalue weighted by molar-refractivity contribution is -0.142. The van der Waals surface area contributed by atoms with Crippen molar-refractivity contribution in [1.82, 2.24) is 14.5 Å². The second-order valence-corrected chi connectivity index (χ2v) is 10.8. The van der Waals surface area contributed by atoms with Crippen molar-refractivity contribution in [3.8, 4) is 5.69 Å². The number of benzene rings is 3. The monoisotopic (exact) mass is 616 g/mol. The van der Waals surface area contributed by atoms with Crippen LogP contribution in [0, 0.1) is 0 Å². The van der Waals surface area contributed by atoms with Crippen molar-refractivity contribution in [2.45, 2.75) is 12.5 Å². The third-order valence-corrected chi connectivity index (χ3v) is 7.99. The number of amides is 1. The molecule has 1 amide bonds. The van der Waals surface area contributed by atoms with Crippen molar-refractivity contribution >= 4 is 63.4 Å². The first-order valence-corrected chi connectivity index (χ1v) is 14.0. The number of morpholine rings is 1. The van der Waals surface area contributed by atoms with Gasteiger partial charge >= 0.3 is 11.7 Å². The molecule has 3 aromatic carbocycles. The van der Waals surface area contributed by atoms with E-state index in [4.69, 9.17) is 44.3 Å². The van der Waals surface area contributed by atoms with Crippen LogP contribution in [0.3, 0.4) is 0 Å². The van der Waals surface area contributed by atoms with Crippen molar-refractivity contribution in [1.29, 1.82) is 0 Å². The highest BCUT2D eigenvalue weighted by atomic mass is 35.5. The van der Waals surface area contributed by atoms with E-state index in [9.17, 15) is 14.4 Å². The first-order valence-electron chi connectivity index (χ1n) is 12.8. The summed E-state index contributed by atoms with van der Waals surface area (Å²) in [7, 11) is 2.93. The molecule has 1 atom stereocenters. The van der Waals surface area contributed by atoms with Crippen LogP contribution in [-0.4, -0.2) is 60.5 Å². The number of nitrogens with zero attached hydrogens (tertiary/aromatic N) is 3. The Morgan fingerprint density at radius 1 is 0.976 bits per heavy atom. The predicted molar refractivity (Wildman–Crippen MR) is 160 cm³/mol. The first-order chi connectivity index (χ1) is 19.7. The molecule has 2 heterocycles. The van der Waals surface area contributed by atoms with E-state index in [1.807, 2.05) is 6.07 Å². The van der Waals surface area contributed by atoms with E-state index in [2.05, 4.69) is 10.2 Å². The molecule has 1 aliphatic heterocycles. The zero-order chi connectivity index (χ0) is 29.3. The van der Waals surface area contributed by atoms with Crippen LogP contribution in [0.15, 0.2) is 59.4 Å². The van der Waals surface area contributed by atoms with Crippen LogP contribution in [-0.2, 0) is 27.7 Å². The van der Waals surface area contributed by atoms with Gasteiger partial charge in [0.05, 0.1) is 57.7 Å². The fourth-order valence-electron chi connectivity index (χ4n) is 4.95.